The normalized spacial score (nSPS) is 19.7. The first-order valence-electron chi connectivity index (χ1n) is 6.17. The molecule has 0 saturated carbocycles. The number of anilines is 1. The lowest BCUT2D eigenvalue weighted by atomic mass is 10.1. The van der Waals surface area contributed by atoms with Gasteiger partial charge in [0.05, 0.1) is 12.1 Å². The highest BCUT2D eigenvalue weighted by molar-refractivity contribution is 6.32. The number of piperazine rings is 1. The van der Waals surface area contributed by atoms with Crippen LogP contribution in [0.15, 0.2) is 30.9 Å². The molecule has 1 aromatic carbocycles. The minimum absolute atomic E-state index is 0.470. The Morgan fingerprint density at radius 3 is 3.17 bits per heavy atom. The lowest BCUT2D eigenvalue weighted by Gasteiger charge is -2.35. The van der Waals surface area contributed by atoms with Gasteiger partial charge in [0.15, 0.2) is 0 Å². The predicted molar refractivity (Wildman–Crippen MR) is 76.8 cm³/mol. The maximum absolute atomic E-state index is 6.04. The van der Waals surface area contributed by atoms with Crippen LogP contribution in [0.25, 0.3) is 0 Å². The fraction of sp³-hybridized carbons (Fsp3) is 0.429. The minimum atomic E-state index is 0.470. The van der Waals surface area contributed by atoms with Gasteiger partial charge >= 0.3 is 0 Å². The van der Waals surface area contributed by atoms with Crippen LogP contribution in [0.1, 0.15) is 6.42 Å². The van der Waals surface area contributed by atoms with Gasteiger partial charge in [-0.15, -0.1) is 6.58 Å². The van der Waals surface area contributed by atoms with Gasteiger partial charge in [0.2, 0.25) is 0 Å². The Bertz CT molecular complexity index is 422. The molecule has 0 aromatic heterocycles. The van der Waals surface area contributed by atoms with Crippen molar-refractivity contribution in [3.05, 3.63) is 35.9 Å². The lowest BCUT2D eigenvalue weighted by molar-refractivity contribution is 0.414. The first-order valence-corrected chi connectivity index (χ1v) is 6.55. The fourth-order valence-corrected chi connectivity index (χ4v) is 2.46. The molecular weight excluding hydrogens is 248 g/mol. The number of methoxy groups -OCH3 is 1. The van der Waals surface area contributed by atoms with Crippen LogP contribution >= 0.6 is 11.6 Å². The maximum Gasteiger partial charge on any atom is 0.139 e. The molecule has 0 spiro atoms. The average molecular weight is 267 g/mol. The van der Waals surface area contributed by atoms with Gasteiger partial charge in [0.25, 0.3) is 0 Å². The zero-order chi connectivity index (χ0) is 13.0. The number of halogens is 1. The van der Waals surface area contributed by atoms with Crippen LogP contribution in [-0.4, -0.2) is 32.8 Å². The van der Waals surface area contributed by atoms with Gasteiger partial charge in [0.1, 0.15) is 5.75 Å². The molecule has 1 aliphatic rings. The summed E-state index contributed by atoms with van der Waals surface area (Å²) in [6.07, 6.45) is 2.95. The zero-order valence-corrected chi connectivity index (χ0v) is 11.4. The Morgan fingerprint density at radius 1 is 1.61 bits per heavy atom. The number of nitrogens with one attached hydrogen (secondary N) is 1. The van der Waals surface area contributed by atoms with Crippen molar-refractivity contribution >= 4 is 17.3 Å². The van der Waals surface area contributed by atoms with E-state index in [0.29, 0.717) is 11.1 Å². The van der Waals surface area contributed by atoms with Crippen LogP contribution in [0.5, 0.6) is 5.75 Å². The third-order valence-corrected chi connectivity index (χ3v) is 3.52. The molecule has 0 unspecified atom stereocenters. The summed E-state index contributed by atoms with van der Waals surface area (Å²) in [7, 11) is 1.64. The molecule has 1 atom stereocenters. The van der Waals surface area contributed by atoms with E-state index in [2.05, 4.69) is 16.8 Å². The summed E-state index contributed by atoms with van der Waals surface area (Å²) >= 11 is 6.04. The molecule has 18 heavy (non-hydrogen) atoms. The number of ether oxygens (including phenoxy) is 1. The van der Waals surface area contributed by atoms with E-state index in [1.165, 1.54) is 0 Å². The first-order chi connectivity index (χ1) is 8.74. The monoisotopic (exact) mass is 266 g/mol. The lowest BCUT2D eigenvalue weighted by Crippen LogP contribution is -2.50. The highest BCUT2D eigenvalue weighted by Gasteiger charge is 2.19. The number of rotatable bonds is 4. The smallest absolute Gasteiger partial charge is 0.139 e. The van der Waals surface area contributed by atoms with E-state index < -0.39 is 0 Å². The van der Waals surface area contributed by atoms with Crippen molar-refractivity contribution in [2.75, 3.05) is 31.6 Å². The highest BCUT2D eigenvalue weighted by atomic mass is 35.5. The molecule has 1 aliphatic heterocycles. The van der Waals surface area contributed by atoms with Crippen LogP contribution in [0.4, 0.5) is 5.69 Å². The fourth-order valence-electron chi connectivity index (χ4n) is 2.26. The summed E-state index contributed by atoms with van der Waals surface area (Å²) in [5.74, 6) is 0.730. The summed E-state index contributed by atoms with van der Waals surface area (Å²) in [5, 5.41) is 4.14. The SMILES string of the molecule is C=CC[C@H]1CN(c2ccc(Cl)c(OC)c2)CCN1. The van der Waals surface area contributed by atoms with E-state index in [-0.39, 0.29) is 0 Å². The van der Waals surface area contributed by atoms with Crippen molar-refractivity contribution in [2.24, 2.45) is 0 Å². The molecule has 1 aromatic rings. The minimum Gasteiger partial charge on any atom is -0.495 e. The van der Waals surface area contributed by atoms with Crippen LogP contribution in [0.3, 0.4) is 0 Å². The largest absolute Gasteiger partial charge is 0.495 e. The van der Waals surface area contributed by atoms with Crippen LogP contribution in [-0.2, 0) is 0 Å². The standard InChI is InChI=1S/C14H19ClN2O/c1-3-4-11-10-17(8-7-16-11)12-5-6-13(15)14(9-12)18-2/h3,5-6,9,11,16H,1,4,7-8,10H2,2H3/t11-/m0/s1. The molecule has 4 heteroatoms. The van der Waals surface area contributed by atoms with Crippen LogP contribution < -0.4 is 15.0 Å². The Labute approximate surface area is 113 Å². The summed E-state index contributed by atoms with van der Waals surface area (Å²) in [6, 6.07) is 6.40. The zero-order valence-electron chi connectivity index (χ0n) is 10.7. The summed E-state index contributed by atoms with van der Waals surface area (Å²) in [6.45, 7) is 6.77. The molecule has 0 bridgehead atoms. The number of nitrogens with zero attached hydrogens (tertiary/aromatic N) is 1. The van der Waals surface area contributed by atoms with E-state index in [0.717, 1.165) is 37.5 Å². The molecule has 1 fully saturated rings. The first kappa shape index (κ1) is 13.2. The third kappa shape index (κ3) is 2.98. The summed E-state index contributed by atoms with van der Waals surface area (Å²) in [5.41, 5.74) is 1.16. The summed E-state index contributed by atoms with van der Waals surface area (Å²) in [4.78, 5) is 2.35. The average Bonchev–Trinajstić information content (AvgIpc) is 2.40. The molecule has 2 rings (SSSR count). The Morgan fingerprint density at radius 2 is 2.44 bits per heavy atom. The van der Waals surface area contributed by atoms with Crippen molar-refractivity contribution in [3.8, 4) is 5.75 Å². The Hall–Kier alpha value is -1.19. The van der Waals surface area contributed by atoms with Gasteiger partial charge in [-0.1, -0.05) is 17.7 Å². The van der Waals surface area contributed by atoms with Gasteiger partial charge in [-0.25, -0.2) is 0 Å². The topological polar surface area (TPSA) is 24.5 Å². The maximum atomic E-state index is 6.04. The second-order valence-electron chi connectivity index (χ2n) is 4.44. The van der Waals surface area contributed by atoms with Crippen LogP contribution in [0.2, 0.25) is 5.02 Å². The number of hydrogen-bond donors (Lipinski definition) is 1. The molecular formula is C14H19ClN2O. The molecule has 0 amide bonds. The molecule has 0 aliphatic carbocycles. The number of hydrogen-bond acceptors (Lipinski definition) is 3. The van der Waals surface area contributed by atoms with E-state index >= 15 is 0 Å². The summed E-state index contributed by atoms with van der Waals surface area (Å²) < 4.78 is 5.26. The van der Waals surface area contributed by atoms with Crippen molar-refractivity contribution in [1.82, 2.24) is 5.32 Å². The van der Waals surface area contributed by atoms with E-state index in [1.54, 1.807) is 7.11 Å². The second kappa shape index (κ2) is 6.12. The van der Waals surface area contributed by atoms with Crippen LogP contribution in [0, 0.1) is 0 Å². The van der Waals surface area contributed by atoms with Gasteiger partial charge in [-0.3, -0.25) is 0 Å². The van der Waals surface area contributed by atoms with Gasteiger partial charge < -0.3 is 15.0 Å². The van der Waals surface area contributed by atoms with Crippen molar-refractivity contribution in [2.45, 2.75) is 12.5 Å². The van der Waals surface area contributed by atoms with Gasteiger partial charge in [0, 0.05) is 37.4 Å². The Balaban J connectivity index is 2.12. The molecule has 1 N–H and O–H groups in total. The van der Waals surface area contributed by atoms with Crippen molar-refractivity contribution in [3.63, 3.8) is 0 Å². The molecule has 1 heterocycles. The third-order valence-electron chi connectivity index (χ3n) is 3.21. The van der Waals surface area contributed by atoms with Gasteiger partial charge in [-0.05, 0) is 18.6 Å². The molecule has 0 radical (unpaired) electrons. The van der Waals surface area contributed by atoms with Crippen molar-refractivity contribution in [1.29, 1.82) is 0 Å². The quantitative estimate of drug-likeness (QED) is 0.848. The van der Waals surface area contributed by atoms with E-state index in [1.807, 2.05) is 24.3 Å². The Kier molecular flexibility index (Phi) is 4.50. The second-order valence-corrected chi connectivity index (χ2v) is 4.85. The molecule has 98 valence electrons. The molecule has 3 nitrogen and oxygen atoms in total. The molecule has 1 saturated heterocycles. The van der Waals surface area contributed by atoms with Crippen molar-refractivity contribution < 1.29 is 4.74 Å². The van der Waals surface area contributed by atoms with E-state index in [4.69, 9.17) is 16.3 Å². The number of benzene rings is 1. The van der Waals surface area contributed by atoms with Gasteiger partial charge in [-0.2, -0.15) is 0 Å². The van der Waals surface area contributed by atoms with E-state index in [9.17, 15) is 0 Å². The predicted octanol–water partition coefficient (Wildman–Crippen LogP) is 2.70. The highest BCUT2D eigenvalue weighted by Crippen LogP contribution is 2.29.